The van der Waals surface area contributed by atoms with Crippen LogP contribution in [0.3, 0.4) is 0 Å². The van der Waals surface area contributed by atoms with Crippen molar-refractivity contribution >= 4 is 11.8 Å². The van der Waals surface area contributed by atoms with Gasteiger partial charge < -0.3 is 10.6 Å². The molecule has 0 radical (unpaired) electrons. The summed E-state index contributed by atoms with van der Waals surface area (Å²) in [7, 11) is 0. The van der Waals surface area contributed by atoms with Crippen LogP contribution in [0.2, 0.25) is 0 Å². The van der Waals surface area contributed by atoms with Crippen LogP contribution >= 0.6 is 0 Å². The van der Waals surface area contributed by atoms with Gasteiger partial charge in [-0.2, -0.15) is 0 Å². The minimum atomic E-state index is -0.753. The lowest BCUT2D eigenvalue weighted by molar-refractivity contribution is -0.137. The molecule has 2 saturated carbocycles. The van der Waals surface area contributed by atoms with Gasteiger partial charge >= 0.3 is 0 Å². The van der Waals surface area contributed by atoms with Crippen LogP contribution in [0.5, 0.6) is 0 Å². The minimum Gasteiger partial charge on any atom is -0.353 e. The topological polar surface area (TPSA) is 58.2 Å². The lowest BCUT2D eigenvalue weighted by Gasteiger charge is -2.21. The molecular weight excluding hydrogens is 240 g/mol. The maximum Gasteiger partial charge on any atom is 0.235 e. The Bertz CT molecular complexity index is 340. The molecule has 2 N–H and O–H groups in total. The SMILES string of the molecule is CC(C)NC(=O)C1(C(=O)NC2CCCCCC2)CC1. The Kier molecular flexibility index (Phi) is 4.48. The normalized spacial score (nSPS) is 22.7. The summed E-state index contributed by atoms with van der Waals surface area (Å²) in [5.74, 6) is -0.133. The van der Waals surface area contributed by atoms with E-state index in [2.05, 4.69) is 10.6 Å². The third-order valence-corrected chi connectivity index (χ3v) is 4.23. The van der Waals surface area contributed by atoms with E-state index in [0.717, 1.165) is 12.8 Å². The zero-order chi connectivity index (χ0) is 13.9. The van der Waals surface area contributed by atoms with Gasteiger partial charge in [0.2, 0.25) is 11.8 Å². The molecule has 2 fully saturated rings. The fourth-order valence-electron chi connectivity index (χ4n) is 2.83. The molecule has 0 unspecified atom stereocenters. The van der Waals surface area contributed by atoms with Gasteiger partial charge in [0.25, 0.3) is 0 Å². The highest BCUT2D eigenvalue weighted by Crippen LogP contribution is 2.46. The maximum absolute atomic E-state index is 12.4. The second-order valence-corrected chi connectivity index (χ2v) is 6.37. The molecule has 2 aliphatic carbocycles. The van der Waals surface area contributed by atoms with Crippen molar-refractivity contribution in [3.8, 4) is 0 Å². The van der Waals surface area contributed by atoms with E-state index in [0.29, 0.717) is 12.8 Å². The highest BCUT2D eigenvalue weighted by Gasteiger charge is 2.56. The molecule has 0 spiro atoms. The molecule has 0 aromatic rings. The molecule has 0 aliphatic heterocycles. The molecule has 108 valence electrons. The van der Waals surface area contributed by atoms with Crippen LogP contribution in [0.1, 0.15) is 65.2 Å². The Labute approximate surface area is 115 Å². The molecule has 0 heterocycles. The summed E-state index contributed by atoms with van der Waals surface area (Å²) in [4.78, 5) is 24.5. The van der Waals surface area contributed by atoms with E-state index in [1.165, 1.54) is 25.7 Å². The van der Waals surface area contributed by atoms with Gasteiger partial charge in [0, 0.05) is 12.1 Å². The van der Waals surface area contributed by atoms with E-state index in [4.69, 9.17) is 0 Å². The van der Waals surface area contributed by atoms with Gasteiger partial charge in [-0.3, -0.25) is 9.59 Å². The molecule has 2 aliphatic rings. The van der Waals surface area contributed by atoms with Crippen LogP contribution in [-0.4, -0.2) is 23.9 Å². The number of hydrogen-bond acceptors (Lipinski definition) is 2. The first-order chi connectivity index (χ1) is 9.04. The van der Waals surface area contributed by atoms with Gasteiger partial charge in [-0.15, -0.1) is 0 Å². The molecule has 0 atom stereocenters. The number of hydrogen-bond donors (Lipinski definition) is 2. The van der Waals surface area contributed by atoms with Crippen LogP contribution in [0, 0.1) is 5.41 Å². The van der Waals surface area contributed by atoms with Crippen LogP contribution in [0.4, 0.5) is 0 Å². The fourth-order valence-corrected chi connectivity index (χ4v) is 2.83. The van der Waals surface area contributed by atoms with Crippen LogP contribution in [0.25, 0.3) is 0 Å². The molecule has 0 bridgehead atoms. The quantitative estimate of drug-likeness (QED) is 0.605. The predicted molar refractivity (Wildman–Crippen MR) is 74.6 cm³/mol. The van der Waals surface area contributed by atoms with Gasteiger partial charge in [-0.05, 0) is 39.5 Å². The largest absolute Gasteiger partial charge is 0.353 e. The van der Waals surface area contributed by atoms with Crippen molar-refractivity contribution in [3.63, 3.8) is 0 Å². The number of amides is 2. The zero-order valence-corrected chi connectivity index (χ0v) is 12.1. The first-order valence-corrected chi connectivity index (χ1v) is 7.66. The van der Waals surface area contributed by atoms with Crippen LogP contribution in [0.15, 0.2) is 0 Å². The van der Waals surface area contributed by atoms with Crippen molar-refractivity contribution in [1.29, 1.82) is 0 Å². The number of rotatable bonds is 4. The fraction of sp³-hybridized carbons (Fsp3) is 0.867. The van der Waals surface area contributed by atoms with Crippen molar-refractivity contribution in [2.24, 2.45) is 5.41 Å². The molecule has 4 heteroatoms. The number of carbonyl (C=O) groups is 2. The van der Waals surface area contributed by atoms with Crippen molar-refractivity contribution in [2.75, 3.05) is 0 Å². The van der Waals surface area contributed by atoms with Crippen molar-refractivity contribution in [3.05, 3.63) is 0 Å². The summed E-state index contributed by atoms with van der Waals surface area (Å²) in [6.45, 7) is 3.86. The lowest BCUT2D eigenvalue weighted by Crippen LogP contribution is -2.47. The molecule has 0 aromatic heterocycles. The number of nitrogens with one attached hydrogen (secondary N) is 2. The standard InChI is InChI=1S/C15H26N2O2/c1-11(2)16-13(18)15(9-10-15)14(19)17-12-7-5-3-4-6-8-12/h11-12H,3-10H2,1-2H3,(H,16,18)(H,17,19). The van der Waals surface area contributed by atoms with Gasteiger partial charge in [0.1, 0.15) is 5.41 Å². The predicted octanol–water partition coefficient (Wildman–Crippen LogP) is 2.13. The van der Waals surface area contributed by atoms with Crippen molar-refractivity contribution < 1.29 is 9.59 Å². The van der Waals surface area contributed by atoms with Crippen LogP contribution in [-0.2, 0) is 9.59 Å². The van der Waals surface area contributed by atoms with E-state index in [1.54, 1.807) is 0 Å². The first-order valence-electron chi connectivity index (χ1n) is 7.66. The van der Waals surface area contributed by atoms with E-state index in [-0.39, 0.29) is 23.9 Å². The zero-order valence-electron chi connectivity index (χ0n) is 12.1. The average molecular weight is 266 g/mol. The Hall–Kier alpha value is -1.06. The molecule has 0 saturated heterocycles. The lowest BCUT2D eigenvalue weighted by atomic mass is 10.0. The first kappa shape index (κ1) is 14.4. The highest BCUT2D eigenvalue weighted by molar-refractivity contribution is 6.08. The van der Waals surface area contributed by atoms with Gasteiger partial charge in [-0.25, -0.2) is 0 Å². The Morgan fingerprint density at radius 1 is 1.00 bits per heavy atom. The summed E-state index contributed by atoms with van der Waals surface area (Å²) in [5.41, 5.74) is -0.753. The third kappa shape index (κ3) is 3.48. The second-order valence-electron chi connectivity index (χ2n) is 6.37. The van der Waals surface area contributed by atoms with E-state index in [9.17, 15) is 9.59 Å². The number of carbonyl (C=O) groups excluding carboxylic acids is 2. The Morgan fingerprint density at radius 2 is 1.58 bits per heavy atom. The second kappa shape index (κ2) is 5.93. The molecular formula is C15H26N2O2. The smallest absolute Gasteiger partial charge is 0.235 e. The molecule has 19 heavy (non-hydrogen) atoms. The maximum atomic E-state index is 12.4. The Balaban J connectivity index is 1.89. The molecule has 4 nitrogen and oxygen atoms in total. The summed E-state index contributed by atoms with van der Waals surface area (Å²) >= 11 is 0. The van der Waals surface area contributed by atoms with Gasteiger partial charge in [-0.1, -0.05) is 25.7 Å². The summed E-state index contributed by atoms with van der Waals surface area (Å²) < 4.78 is 0. The van der Waals surface area contributed by atoms with E-state index >= 15 is 0 Å². The summed E-state index contributed by atoms with van der Waals surface area (Å²) in [5, 5.41) is 5.99. The van der Waals surface area contributed by atoms with Gasteiger partial charge in [0.05, 0.1) is 0 Å². The third-order valence-electron chi connectivity index (χ3n) is 4.23. The van der Waals surface area contributed by atoms with Gasteiger partial charge in [0.15, 0.2) is 0 Å². The Morgan fingerprint density at radius 3 is 2.05 bits per heavy atom. The molecule has 0 aromatic carbocycles. The highest BCUT2D eigenvalue weighted by atomic mass is 16.2. The minimum absolute atomic E-state index is 0.0439. The van der Waals surface area contributed by atoms with Crippen LogP contribution < -0.4 is 10.6 Å². The van der Waals surface area contributed by atoms with E-state index in [1.807, 2.05) is 13.8 Å². The molecule has 2 amide bonds. The van der Waals surface area contributed by atoms with Crippen molar-refractivity contribution in [1.82, 2.24) is 10.6 Å². The monoisotopic (exact) mass is 266 g/mol. The van der Waals surface area contributed by atoms with E-state index < -0.39 is 5.41 Å². The summed E-state index contributed by atoms with van der Waals surface area (Å²) in [6, 6.07) is 0.370. The van der Waals surface area contributed by atoms with Crippen molar-refractivity contribution in [2.45, 2.75) is 77.3 Å². The average Bonchev–Trinajstić information content (AvgIpc) is 3.14. The molecule has 2 rings (SSSR count). The summed E-state index contributed by atoms with van der Waals surface area (Å²) in [6.07, 6.45) is 8.44.